The van der Waals surface area contributed by atoms with Crippen LogP contribution in [0.15, 0.2) is 66.3 Å². The van der Waals surface area contributed by atoms with Gasteiger partial charge in [0, 0.05) is 30.7 Å². The summed E-state index contributed by atoms with van der Waals surface area (Å²) in [5.74, 6) is 1.61. The van der Waals surface area contributed by atoms with Crippen molar-refractivity contribution in [3.05, 3.63) is 83.3 Å². The van der Waals surface area contributed by atoms with Crippen LogP contribution >= 0.6 is 11.3 Å². The number of thiophene rings is 1. The summed E-state index contributed by atoms with van der Waals surface area (Å²) in [6, 6.07) is 17.1. The summed E-state index contributed by atoms with van der Waals surface area (Å²) in [4.78, 5) is 9.49. The molecule has 156 valence electrons. The quantitative estimate of drug-likeness (QED) is 0.373. The second-order valence-electron chi connectivity index (χ2n) is 7.91. The molecule has 0 saturated carbocycles. The fourth-order valence-electron chi connectivity index (χ4n) is 4.04. The average Bonchev–Trinajstić information content (AvgIpc) is 3.39. The number of nitrogen functional groups attached to an aromatic ring is 1. The minimum atomic E-state index is 0.521. The molecule has 2 N–H and O–H groups in total. The topological polar surface area (TPSA) is 60.6 Å². The maximum Gasteiger partial charge on any atom is 0.173 e. The number of nitrogens with two attached hydrogens (primary N) is 1. The van der Waals surface area contributed by atoms with Gasteiger partial charge in [-0.2, -0.15) is 0 Å². The monoisotopic (exact) mass is 428 g/mol. The van der Waals surface area contributed by atoms with E-state index in [0.29, 0.717) is 5.82 Å². The number of fused-ring (bicyclic) bond motifs is 3. The fourth-order valence-corrected chi connectivity index (χ4v) is 4.92. The predicted molar refractivity (Wildman–Crippen MR) is 127 cm³/mol. The first-order valence-electron chi connectivity index (χ1n) is 10.8. The maximum absolute atomic E-state index is 6.29. The molecule has 4 heterocycles. The van der Waals surface area contributed by atoms with Crippen LogP contribution in [0.5, 0.6) is 0 Å². The van der Waals surface area contributed by atoms with Crippen molar-refractivity contribution < 1.29 is 4.57 Å². The number of unbranched alkanes of at least 4 members (excludes halogenated alkanes) is 1. The summed E-state index contributed by atoms with van der Waals surface area (Å²) >= 11 is 1.71. The van der Waals surface area contributed by atoms with Crippen LogP contribution in [0.2, 0.25) is 0 Å². The summed E-state index contributed by atoms with van der Waals surface area (Å²) in [6.07, 6.45) is 7.38. The van der Waals surface area contributed by atoms with E-state index in [1.807, 2.05) is 12.1 Å². The maximum atomic E-state index is 6.29. The average molecular weight is 429 g/mol. The predicted octanol–water partition coefficient (Wildman–Crippen LogP) is 4.95. The second kappa shape index (κ2) is 8.47. The van der Waals surface area contributed by atoms with Crippen molar-refractivity contribution in [1.29, 1.82) is 0 Å². The molecule has 0 radical (unpaired) electrons. The van der Waals surface area contributed by atoms with Crippen LogP contribution in [0.3, 0.4) is 0 Å². The van der Waals surface area contributed by atoms with Gasteiger partial charge in [0.2, 0.25) is 0 Å². The summed E-state index contributed by atoms with van der Waals surface area (Å²) in [7, 11) is 0. The van der Waals surface area contributed by atoms with Gasteiger partial charge in [-0.25, -0.2) is 14.5 Å². The molecule has 1 aromatic carbocycles. The standard InChI is InChI=1S/C25H26N5S/c1-2-3-7-21-28-22-23(24-20(12-15-31-24)27-25(22)26)30(21)17-19-10-8-18(9-11-19)16-29-13-5-4-6-14-29/h4-6,8-15H,2-3,7,16-17H2,1H3,(H2,26,27)/q+1. The zero-order chi connectivity index (χ0) is 21.2. The van der Waals surface area contributed by atoms with Crippen LogP contribution in [0.4, 0.5) is 5.82 Å². The van der Waals surface area contributed by atoms with Gasteiger partial charge in [-0.3, -0.25) is 0 Å². The minimum Gasteiger partial charge on any atom is -0.382 e. The lowest BCUT2D eigenvalue weighted by Gasteiger charge is -2.10. The van der Waals surface area contributed by atoms with E-state index in [-0.39, 0.29) is 0 Å². The molecule has 0 unspecified atom stereocenters. The number of anilines is 1. The molecular formula is C25H26N5S+. The van der Waals surface area contributed by atoms with E-state index in [2.05, 4.69) is 75.2 Å². The minimum absolute atomic E-state index is 0.521. The largest absolute Gasteiger partial charge is 0.382 e. The van der Waals surface area contributed by atoms with Crippen molar-refractivity contribution in [2.45, 2.75) is 39.3 Å². The van der Waals surface area contributed by atoms with E-state index in [1.54, 1.807) is 11.3 Å². The lowest BCUT2D eigenvalue weighted by molar-refractivity contribution is -0.688. The SMILES string of the molecule is CCCCc1nc2c(N)nc3ccsc3c2n1Cc1ccc(C[n+]2ccccc2)cc1. The molecule has 0 spiro atoms. The summed E-state index contributed by atoms with van der Waals surface area (Å²) in [6.45, 7) is 3.86. The van der Waals surface area contributed by atoms with E-state index in [4.69, 9.17) is 10.7 Å². The molecule has 0 fully saturated rings. The van der Waals surface area contributed by atoms with Gasteiger partial charge in [-0.05, 0) is 23.4 Å². The Morgan fingerprint density at radius 3 is 2.55 bits per heavy atom. The molecule has 5 nitrogen and oxygen atoms in total. The van der Waals surface area contributed by atoms with Gasteiger partial charge in [0.05, 0.1) is 15.7 Å². The highest BCUT2D eigenvalue weighted by atomic mass is 32.1. The molecule has 31 heavy (non-hydrogen) atoms. The van der Waals surface area contributed by atoms with Gasteiger partial charge in [0.25, 0.3) is 0 Å². The number of aryl methyl sites for hydroxylation is 1. The Morgan fingerprint density at radius 2 is 1.77 bits per heavy atom. The molecule has 5 aromatic rings. The third-order valence-electron chi connectivity index (χ3n) is 5.65. The second-order valence-corrected chi connectivity index (χ2v) is 8.83. The smallest absolute Gasteiger partial charge is 0.173 e. The van der Waals surface area contributed by atoms with Crippen molar-refractivity contribution >= 4 is 38.4 Å². The summed E-state index contributed by atoms with van der Waals surface area (Å²) in [5, 5.41) is 2.08. The Morgan fingerprint density at radius 1 is 1.00 bits per heavy atom. The molecule has 0 saturated heterocycles. The molecule has 0 bridgehead atoms. The molecule has 0 amide bonds. The first kappa shape index (κ1) is 19.7. The van der Waals surface area contributed by atoms with Crippen LogP contribution in [0.25, 0.3) is 21.3 Å². The Bertz CT molecular complexity index is 1320. The third kappa shape index (κ3) is 3.91. The zero-order valence-electron chi connectivity index (χ0n) is 17.7. The van der Waals surface area contributed by atoms with Gasteiger partial charge >= 0.3 is 0 Å². The van der Waals surface area contributed by atoms with Crippen LogP contribution in [-0.4, -0.2) is 14.5 Å². The molecule has 4 aromatic heterocycles. The molecule has 5 rings (SSSR count). The van der Waals surface area contributed by atoms with Crippen molar-refractivity contribution in [2.75, 3.05) is 5.73 Å². The lowest BCUT2D eigenvalue weighted by Crippen LogP contribution is -2.32. The van der Waals surface area contributed by atoms with Crippen molar-refractivity contribution in [3.8, 4) is 0 Å². The number of benzene rings is 1. The number of rotatable bonds is 7. The summed E-state index contributed by atoms with van der Waals surface area (Å²) < 4.78 is 5.70. The molecule has 0 aliphatic carbocycles. The van der Waals surface area contributed by atoms with Crippen LogP contribution < -0.4 is 10.3 Å². The van der Waals surface area contributed by atoms with Gasteiger partial charge in [0.15, 0.2) is 24.8 Å². The highest BCUT2D eigenvalue weighted by Crippen LogP contribution is 2.33. The van der Waals surface area contributed by atoms with Crippen molar-refractivity contribution in [1.82, 2.24) is 14.5 Å². The number of nitrogens with zero attached hydrogens (tertiary/aromatic N) is 4. The number of hydrogen-bond acceptors (Lipinski definition) is 4. The first-order valence-corrected chi connectivity index (χ1v) is 11.6. The van der Waals surface area contributed by atoms with E-state index >= 15 is 0 Å². The highest BCUT2D eigenvalue weighted by Gasteiger charge is 2.18. The third-order valence-corrected chi connectivity index (χ3v) is 6.56. The van der Waals surface area contributed by atoms with Gasteiger partial charge in [-0.15, -0.1) is 11.3 Å². The van der Waals surface area contributed by atoms with E-state index < -0.39 is 0 Å². The van der Waals surface area contributed by atoms with Crippen molar-refractivity contribution in [2.24, 2.45) is 0 Å². The van der Waals surface area contributed by atoms with Crippen molar-refractivity contribution in [3.63, 3.8) is 0 Å². The van der Waals surface area contributed by atoms with Gasteiger partial charge in [-0.1, -0.05) is 43.7 Å². The molecule has 0 aliphatic heterocycles. The van der Waals surface area contributed by atoms with Gasteiger partial charge in [0.1, 0.15) is 11.3 Å². The lowest BCUT2D eigenvalue weighted by atomic mass is 10.1. The van der Waals surface area contributed by atoms with Gasteiger partial charge < -0.3 is 10.3 Å². The number of hydrogen-bond donors (Lipinski definition) is 1. The van der Waals surface area contributed by atoms with E-state index in [9.17, 15) is 0 Å². The normalized spacial score (nSPS) is 11.5. The van der Waals surface area contributed by atoms with Crippen LogP contribution in [0.1, 0.15) is 36.7 Å². The fraction of sp³-hybridized carbons (Fsp3) is 0.240. The highest BCUT2D eigenvalue weighted by molar-refractivity contribution is 7.18. The molecular weight excluding hydrogens is 402 g/mol. The van der Waals surface area contributed by atoms with Crippen LogP contribution in [0, 0.1) is 0 Å². The molecule has 6 heteroatoms. The Hall–Kier alpha value is -3.25. The van der Waals surface area contributed by atoms with Crippen LogP contribution in [-0.2, 0) is 19.5 Å². The molecule has 0 atom stereocenters. The van der Waals surface area contributed by atoms with E-state index in [0.717, 1.165) is 59.4 Å². The number of aromatic nitrogens is 4. The Balaban J connectivity index is 1.51. The Kier molecular flexibility index (Phi) is 5.38. The summed E-state index contributed by atoms with van der Waals surface area (Å²) in [5.41, 5.74) is 11.7. The van der Waals surface area contributed by atoms with E-state index in [1.165, 1.54) is 11.1 Å². The number of pyridine rings is 2. The number of imidazole rings is 1. The zero-order valence-corrected chi connectivity index (χ0v) is 18.5. The Labute approximate surface area is 185 Å². The first-order chi connectivity index (χ1) is 15.2. The molecule has 0 aliphatic rings.